The molecule has 2 aliphatic rings. The van der Waals surface area contributed by atoms with Crippen LogP contribution in [0.5, 0.6) is 0 Å². The lowest BCUT2D eigenvalue weighted by atomic mass is 10.2. The highest BCUT2D eigenvalue weighted by Crippen LogP contribution is 2.47. The van der Waals surface area contributed by atoms with Crippen LogP contribution in [0.15, 0.2) is 21.1 Å². The molecule has 0 radical (unpaired) electrons. The third-order valence-electron chi connectivity index (χ3n) is 5.40. The van der Waals surface area contributed by atoms with Gasteiger partial charge in [-0.25, -0.2) is 0 Å². The van der Waals surface area contributed by atoms with E-state index in [0.29, 0.717) is 36.9 Å². The molecule has 2 aromatic rings. The highest BCUT2D eigenvalue weighted by Gasteiger charge is 2.37. The van der Waals surface area contributed by atoms with Gasteiger partial charge in [0.2, 0.25) is 11.8 Å². The van der Waals surface area contributed by atoms with Gasteiger partial charge in [-0.2, -0.15) is 4.98 Å². The lowest BCUT2D eigenvalue weighted by molar-refractivity contribution is -0.132. The smallest absolute Gasteiger partial charge is 0.226 e. The Morgan fingerprint density at radius 2 is 2.24 bits per heavy atom. The largest absolute Gasteiger partial charge is 0.466 e. The van der Waals surface area contributed by atoms with Crippen LogP contribution in [-0.2, 0) is 17.6 Å². The summed E-state index contributed by atoms with van der Waals surface area (Å²) in [4.78, 5) is 19.0. The van der Waals surface area contributed by atoms with E-state index in [0.717, 1.165) is 36.8 Å². The Morgan fingerprint density at radius 1 is 1.40 bits per heavy atom. The summed E-state index contributed by atoms with van der Waals surface area (Å²) >= 11 is 0. The van der Waals surface area contributed by atoms with Gasteiger partial charge in [0.05, 0.1) is 6.04 Å². The molecule has 3 atom stereocenters. The quantitative estimate of drug-likeness (QED) is 0.800. The molecule has 3 heterocycles. The maximum absolute atomic E-state index is 12.7. The van der Waals surface area contributed by atoms with E-state index in [9.17, 15) is 4.79 Å². The number of hydrogen-bond acceptors (Lipinski definition) is 5. The molecule has 0 aromatic carbocycles. The standard InChI is InChI=1S/C19H25N3O3/c1-3-17-20-19(21-25-17)15-5-4-10-22(15)18(23)9-7-13-6-8-16(24-13)14-11-12(14)2/h6,8,12,14-15H,3-5,7,9-11H2,1-2H3/t12-,14-,15+/m1/s1. The van der Waals surface area contributed by atoms with Crippen molar-refractivity contribution in [3.05, 3.63) is 35.4 Å². The molecule has 0 unspecified atom stereocenters. The van der Waals surface area contributed by atoms with Gasteiger partial charge in [0.1, 0.15) is 11.5 Å². The summed E-state index contributed by atoms with van der Waals surface area (Å²) in [5, 5.41) is 4.06. The average molecular weight is 343 g/mol. The van der Waals surface area contributed by atoms with Gasteiger partial charge in [-0.05, 0) is 37.3 Å². The van der Waals surface area contributed by atoms with Gasteiger partial charge >= 0.3 is 0 Å². The molecule has 0 bridgehead atoms. The first-order valence-electron chi connectivity index (χ1n) is 9.36. The van der Waals surface area contributed by atoms with Crippen LogP contribution in [0.2, 0.25) is 0 Å². The fourth-order valence-electron chi connectivity index (χ4n) is 3.70. The first kappa shape index (κ1) is 16.4. The molecule has 1 amide bonds. The Hall–Kier alpha value is -2.11. The van der Waals surface area contributed by atoms with Gasteiger partial charge in [-0.1, -0.05) is 19.0 Å². The van der Waals surface area contributed by atoms with Gasteiger partial charge < -0.3 is 13.8 Å². The molecular formula is C19H25N3O3. The second kappa shape index (κ2) is 6.65. The molecule has 0 N–H and O–H groups in total. The Bertz CT molecular complexity index is 751. The van der Waals surface area contributed by atoms with Crippen molar-refractivity contribution < 1.29 is 13.7 Å². The number of hydrogen-bond donors (Lipinski definition) is 0. The molecule has 1 aliphatic heterocycles. The monoisotopic (exact) mass is 343 g/mol. The van der Waals surface area contributed by atoms with Crippen LogP contribution in [0, 0.1) is 5.92 Å². The van der Waals surface area contributed by atoms with Crippen LogP contribution in [0.3, 0.4) is 0 Å². The normalized spacial score (nSPS) is 25.5. The number of carbonyl (C=O) groups is 1. The van der Waals surface area contributed by atoms with Crippen LogP contribution < -0.4 is 0 Å². The van der Waals surface area contributed by atoms with Crippen LogP contribution >= 0.6 is 0 Å². The van der Waals surface area contributed by atoms with Crippen molar-refractivity contribution in [3.8, 4) is 0 Å². The van der Waals surface area contributed by atoms with Gasteiger partial charge in [0.25, 0.3) is 0 Å². The highest BCUT2D eigenvalue weighted by molar-refractivity contribution is 5.77. The maximum Gasteiger partial charge on any atom is 0.226 e. The SMILES string of the molecule is CCc1nc([C@@H]2CCCN2C(=O)CCc2ccc([C@@H]3C[C@H]3C)o2)no1. The second-order valence-electron chi connectivity index (χ2n) is 7.27. The minimum atomic E-state index is -0.0453. The molecule has 1 aliphatic carbocycles. The molecule has 25 heavy (non-hydrogen) atoms. The zero-order chi connectivity index (χ0) is 17.4. The number of aryl methyl sites for hydroxylation is 2. The summed E-state index contributed by atoms with van der Waals surface area (Å²) in [6.45, 7) is 4.99. The van der Waals surface area contributed by atoms with Crippen molar-refractivity contribution in [3.63, 3.8) is 0 Å². The second-order valence-corrected chi connectivity index (χ2v) is 7.27. The molecule has 134 valence electrons. The Balaban J connectivity index is 1.36. The number of aromatic nitrogens is 2. The van der Waals surface area contributed by atoms with Crippen molar-refractivity contribution in [2.75, 3.05) is 6.54 Å². The lowest BCUT2D eigenvalue weighted by Gasteiger charge is -2.22. The van der Waals surface area contributed by atoms with Gasteiger partial charge in [0.15, 0.2) is 5.82 Å². The van der Waals surface area contributed by atoms with Gasteiger partial charge in [0, 0.05) is 31.7 Å². The highest BCUT2D eigenvalue weighted by atomic mass is 16.5. The van der Waals surface area contributed by atoms with E-state index in [-0.39, 0.29) is 11.9 Å². The molecule has 6 heteroatoms. The molecule has 1 saturated carbocycles. The molecular weight excluding hydrogens is 318 g/mol. The van der Waals surface area contributed by atoms with Gasteiger partial charge in [-0.15, -0.1) is 0 Å². The number of carbonyl (C=O) groups excluding carboxylic acids is 1. The molecule has 6 nitrogen and oxygen atoms in total. The summed E-state index contributed by atoms with van der Waals surface area (Å²) in [5.41, 5.74) is 0. The van der Waals surface area contributed by atoms with E-state index in [1.165, 1.54) is 6.42 Å². The zero-order valence-electron chi connectivity index (χ0n) is 14.9. The van der Waals surface area contributed by atoms with Crippen molar-refractivity contribution in [1.29, 1.82) is 0 Å². The molecule has 1 saturated heterocycles. The average Bonchev–Trinajstić information content (AvgIpc) is 3.11. The first-order chi connectivity index (χ1) is 12.2. The molecule has 2 fully saturated rings. The van der Waals surface area contributed by atoms with E-state index in [1.807, 2.05) is 17.9 Å². The Morgan fingerprint density at radius 3 is 2.96 bits per heavy atom. The summed E-state index contributed by atoms with van der Waals surface area (Å²) in [5.74, 6) is 4.71. The summed E-state index contributed by atoms with van der Waals surface area (Å²) in [7, 11) is 0. The van der Waals surface area contributed by atoms with E-state index >= 15 is 0 Å². The van der Waals surface area contributed by atoms with Crippen molar-refractivity contribution in [2.24, 2.45) is 5.92 Å². The van der Waals surface area contributed by atoms with Crippen molar-refractivity contribution in [2.45, 2.75) is 64.3 Å². The van der Waals surface area contributed by atoms with Crippen molar-refractivity contribution in [1.82, 2.24) is 15.0 Å². The summed E-state index contributed by atoms with van der Waals surface area (Å²) in [6.07, 6.45) is 4.92. The summed E-state index contributed by atoms with van der Waals surface area (Å²) in [6, 6.07) is 4.04. The third-order valence-corrected chi connectivity index (χ3v) is 5.40. The van der Waals surface area contributed by atoms with Crippen LogP contribution in [-0.4, -0.2) is 27.5 Å². The number of amides is 1. The number of nitrogens with zero attached hydrogens (tertiary/aromatic N) is 3. The van der Waals surface area contributed by atoms with E-state index in [4.69, 9.17) is 8.94 Å². The number of rotatable bonds is 6. The van der Waals surface area contributed by atoms with Crippen molar-refractivity contribution >= 4 is 5.91 Å². The lowest BCUT2D eigenvalue weighted by Crippen LogP contribution is -2.31. The molecule has 4 rings (SSSR count). The van der Waals surface area contributed by atoms with Crippen LogP contribution in [0.25, 0.3) is 0 Å². The van der Waals surface area contributed by atoms with E-state index < -0.39 is 0 Å². The third kappa shape index (κ3) is 3.34. The fraction of sp³-hybridized carbons (Fsp3) is 0.632. The Kier molecular flexibility index (Phi) is 4.36. The Labute approximate surface area is 147 Å². The molecule has 0 spiro atoms. The predicted octanol–water partition coefficient (Wildman–Crippen LogP) is 3.64. The minimum absolute atomic E-state index is 0.0453. The molecule has 2 aromatic heterocycles. The minimum Gasteiger partial charge on any atom is -0.466 e. The van der Waals surface area contributed by atoms with E-state index in [2.05, 4.69) is 23.1 Å². The van der Waals surface area contributed by atoms with Crippen LogP contribution in [0.4, 0.5) is 0 Å². The zero-order valence-corrected chi connectivity index (χ0v) is 14.9. The predicted molar refractivity (Wildman–Crippen MR) is 90.9 cm³/mol. The summed E-state index contributed by atoms with van der Waals surface area (Å²) < 4.78 is 11.1. The van der Waals surface area contributed by atoms with Gasteiger partial charge in [-0.3, -0.25) is 4.79 Å². The maximum atomic E-state index is 12.7. The fourth-order valence-corrected chi connectivity index (χ4v) is 3.70. The first-order valence-corrected chi connectivity index (χ1v) is 9.36. The number of furan rings is 1. The van der Waals surface area contributed by atoms with E-state index in [1.54, 1.807) is 0 Å². The number of likely N-dealkylation sites (tertiary alicyclic amines) is 1. The van der Waals surface area contributed by atoms with Crippen LogP contribution in [0.1, 0.15) is 74.7 Å². The topological polar surface area (TPSA) is 72.4 Å².